The van der Waals surface area contributed by atoms with E-state index in [2.05, 4.69) is 5.32 Å². The van der Waals surface area contributed by atoms with Gasteiger partial charge in [0.2, 0.25) is 5.91 Å². The largest absolute Gasteiger partial charge is 0.496 e. The van der Waals surface area contributed by atoms with Gasteiger partial charge in [-0.05, 0) is 56.2 Å². The fraction of sp³-hybridized carbons (Fsp3) is 0.211. The zero-order valence-electron chi connectivity index (χ0n) is 13.4. The Balaban J connectivity index is 2.15. The van der Waals surface area contributed by atoms with Crippen LogP contribution in [0.5, 0.6) is 5.75 Å². The standard InChI is InChI=1S/C19H21NO2/c1-13-8-10-18(22-4)16(12-13)9-11-19(21)20-17-7-5-6-14(2)15(17)3/h5-12H,1-4H3,(H,20,21). The van der Waals surface area contributed by atoms with E-state index in [1.165, 1.54) is 6.08 Å². The molecule has 0 atom stereocenters. The van der Waals surface area contributed by atoms with Crippen molar-refractivity contribution in [3.8, 4) is 5.75 Å². The van der Waals surface area contributed by atoms with E-state index < -0.39 is 0 Å². The molecule has 0 aliphatic heterocycles. The summed E-state index contributed by atoms with van der Waals surface area (Å²) in [5.41, 5.74) is 5.08. The highest BCUT2D eigenvalue weighted by Gasteiger charge is 2.04. The van der Waals surface area contributed by atoms with E-state index in [1.54, 1.807) is 13.2 Å². The Morgan fingerprint density at radius 3 is 2.64 bits per heavy atom. The Bertz CT molecular complexity index is 717. The van der Waals surface area contributed by atoms with Gasteiger partial charge in [-0.2, -0.15) is 0 Å². The number of nitrogens with one attached hydrogen (secondary N) is 1. The number of carbonyl (C=O) groups is 1. The SMILES string of the molecule is COc1ccc(C)cc1C=CC(=O)Nc1cccc(C)c1C. The predicted octanol–water partition coefficient (Wildman–Crippen LogP) is 4.27. The molecule has 1 N–H and O–H groups in total. The molecule has 0 aliphatic rings. The second kappa shape index (κ2) is 6.94. The van der Waals surface area contributed by atoms with Crippen LogP contribution in [0.4, 0.5) is 5.69 Å². The van der Waals surface area contributed by atoms with E-state index in [-0.39, 0.29) is 5.91 Å². The van der Waals surface area contributed by atoms with Gasteiger partial charge in [0, 0.05) is 17.3 Å². The molecule has 2 aromatic carbocycles. The Hall–Kier alpha value is -2.55. The molecule has 0 aliphatic carbocycles. The number of ether oxygens (including phenoxy) is 1. The van der Waals surface area contributed by atoms with Crippen LogP contribution in [0.1, 0.15) is 22.3 Å². The molecule has 0 bridgehead atoms. The van der Waals surface area contributed by atoms with Crippen molar-refractivity contribution >= 4 is 17.7 Å². The van der Waals surface area contributed by atoms with Crippen LogP contribution in [0.15, 0.2) is 42.5 Å². The number of carbonyl (C=O) groups excluding carboxylic acids is 1. The second-order valence-corrected chi connectivity index (χ2v) is 5.32. The minimum absolute atomic E-state index is 0.155. The van der Waals surface area contributed by atoms with E-state index in [1.807, 2.05) is 57.2 Å². The minimum Gasteiger partial charge on any atom is -0.496 e. The number of methoxy groups -OCH3 is 1. The normalized spacial score (nSPS) is 10.7. The third-order valence-electron chi connectivity index (χ3n) is 3.66. The molecule has 3 nitrogen and oxygen atoms in total. The van der Waals surface area contributed by atoms with Gasteiger partial charge in [-0.25, -0.2) is 0 Å². The Kier molecular flexibility index (Phi) is 4.99. The molecule has 114 valence electrons. The molecular formula is C19H21NO2. The van der Waals surface area contributed by atoms with Crippen molar-refractivity contribution < 1.29 is 9.53 Å². The average molecular weight is 295 g/mol. The molecule has 3 heteroatoms. The Morgan fingerprint density at radius 1 is 1.14 bits per heavy atom. The molecule has 0 unspecified atom stereocenters. The van der Waals surface area contributed by atoms with Crippen LogP contribution in [0.3, 0.4) is 0 Å². The molecule has 22 heavy (non-hydrogen) atoms. The van der Waals surface area contributed by atoms with Gasteiger partial charge >= 0.3 is 0 Å². The Morgan fingerprint density at radius 2 is 1.91 bits per heavy atom. The summed E-state index contributed by atoms with van der Waals surface area (Å²) >= 11 is 0. The molecule has 0 fully saturated rings. The maximum atomic E-state index is 12.1. The number of benzene rings is 2. The summed E-state index contributed by atoms with van der Waals surface area (Å²) in [7, 11) is 1.62. The highest BCUT2D eigenvalue weighted by Crippen LogP contribution is 2.21. The first-order valence-corrected chi connectivity index (χ1v) is 7.21. The van der Waals surface area contributed by atoms with Gasteiger partial charge < -0.3 is 10.1 Å². The third kappa shape index (κ3) is 3.76. The minimum atomic E-state index is -0.155. The van der Waals surface area contributed by atoms with E-state index in [0.717, 1.165) is 33.7 Å². The first kappa shape index (κ1) is 15.8. The van der Waals surface area contributed by atoms with Crippen LogP contribution >= 0.6 is 0 Å². The third-order valence-corrected chi connectivity index (χ3v) is 3.66. The maximum Gasteiger partial charge on any atom is 0.248 e. The lowest BCUT2D eigenvalue weighted by molar-refractivity contribution is -0.111. The van der Waals surface area contributed by atoms with Gasteiger partial charge in [0.1, 0.15) is 5.75 Å². The quantitative estimate of drug-likeness (QED) is 0.855. The van der Waals surface area contributed by atoms with Gasteiger partial charge in [0.15, 0.2) is 0 Å². The first-order chi connectivity index (χ1) is 10.5. The lowest BCUT2D eigenvalue weighted by Crippen LogP contribution is -2.09. The van der Waals surface area contributed by atoms with Gasteiger partial charge in [-0.15, -0.1) is 0 Å². The summed E-state index contributed by atoms with van der Waals surface area (Å²) in [6.07, 6.45) is 3.30. The fourth-order valence-corrected chi connectivity index (χ4v) is 2.21. The van der Waals surface area contributed by atoms with Crippen LogP contribution < -0.4 is 10.1 Å². The van der Waals surface area contributed by atoms with Crippen LogP contribution in [0.2, 0.25) is 0 Å². The van der Waals surface area contributed by atoms with Crippen LogP contribution in [0, 0.1) is 20.8 Å². The van der Waals surface area contributed by atoms with Crippen molar-refractivity contribution in [3.63, 3.8) is 0 Å². The van der Waals surface area contributed by atoms with Gasteiger partial charge in [0.05, 0.1) is 7.11 Å². The molecule has 0 aromatic heterocycles. The smallest absolute Gasteiger partial charge is 0.248 e. The molecule has 0 radical (unpaired) electrons. The first-order valence-electron chi connectivity index (χ1n) is 7.21. The number of amides is 1. The van der Waals surface area contributed by atoms with Crippen LogP contribution in [-0.4, -0.2) is 13.0 Å². The summed E-state index contributed by atoms with van der Waals surface area (Å²) in [6.45, 7) is 6.03. The number of anilines is 1. The Labute approximate surface area is 131 Å². The topological polar surface area (TPSA) is 38.3 Å². The van der Waals surface area contributed by atoms with Crippen molar-refractivity contribution in [1.29, 1.82) is 0 Å². The zero-order chi connectivity index (χ0) is 16.1. The summed E-state index contributed by atoms with van der Waals surface area (Å²) in [5, 5.41) is 2.91. The number of aryl methyl sites for hydroxylation is 2. The molecule has 2 rings (SSSR count). The summed E-state index contributed by atoms with van der Waals surface area (Å²) in [6, 6.07) is 11.7. The van der Waals surface area contributed by atoms with E-state index in [0.29, 0.717) is 0 Å². The van der Waals surface area contributed by atoms with Gasteiger partial charge in [-0.1, -0.05) is 23.8 Å². The maximum absolute atomic E-state index is 12.1. The monoisotopic (exact) mass is 295 g/mol. The van der Waals surface area contributed by atoms with Crippen molar-refractivity contribution in [1.82, 2.24) is 0 Å². The zero-order valence-corrected chi connectivity index (χ0v) is 13.4. The summed E-state index contributed by atoms with van der Waals surface area (Å²) < 4.78 is 5.30. The average Bonchev–Trinajstić information content (AvgIpc) is 2.50. The van der Waals surface area contributed by atoms with Crippen LogP contribution in [-0.2, 0) is 4.79 Å². The summed E-state index contributed by atoms with van der Waals surface area (Å²) in [4.78, 5) is 12.1. The summed E-state index contributed by atoms with van der Waals surface area (Å²) in [5.74, 6) is 0.596. The predicted molar refractivity (Wildman–Crippen MR) is 91.3 cm³/mol. The highest BCUT2D eigenvalue weighted by atomic mass is 16.5. The molecule has 0 heterocycles. The molecule has 2 aromatic rings. The van der Waals surface area contributed by atoms with Crippen molar-refractivity contribution in [2.45, 2.75) is 20.8 Å². The van der Waals surface area contributed by atoms with E-state index >= 15 is 0 Å². The van der Waals surface area contributed by atoms with Crippen LogP contribution in [0.25, 0.3) is 6.08 Å². The number of rotatable bonds is 4. The lowest BCUT2D eigenvalue weighted by Gasteiger charge is -2.09. The van der Waals surface area contributed by atoms with Gasteiger partial charge in [-0.3, -0.25) is 4.79 Å². The molecule has 1 amide bonds. The fourth-order valence-electron chi connectivity index (χ4n) is 2.21. The molecule has 0 saturated heterocycles. The number of hydrogen-bond donors (Lipinski definition) is 1. The van der Waals surface area contributed by atoms with Crippen molar-refractivity contribution in [2.75, 3.05) is 12.4 Å². The number of hydrogen-bond acceptors (Lipinski definition) is 2. The van der Waals surface area contributed by atoms with Crippen molar-refractivity contribution in [3.05, 3.63) is 64.7 Å². The molecule has 0 spiro atoms. The highest BCUT2D eigenvalue weighted by molar-refractivity contribution is 6.02. The van der Waals surface area contributed by atoms with Gasteiger partial charge in [0.25, 0.3) is 0 Å². The molecule has 0 saturated carbocycles. The molecular weight excluding hydrogens is 274 g/mol. The second-order valence-electron chi connectivity index (χ2n) is 5.32. The lowest BCUT2D eigenvalue weighted by atomic mass is 10.1. The van der Waals surface area contributed by atoms with E-state index in [9.17, 15) is 4.79 Å². The van der Waals surface area contributed by atoms with Crippen molar-refractivity contribution in [2.24, 2.45) is 0 Å². The van der Waals surface area contributed by atoms with E-state index in [4.69, 9.17) is 4.74 Å².